The number of nitrogens with one attached hydrogen (secondary N) is 3. The summed E-state index contributed by atoms with van der Waals surface area (Å²) in [6.45, 7) is 3.63. The normalized spacial score (nSPS) is 26.0. The van der Waals surface area contributed by atoms with Crippen molar-refractivity contribution in [1.82, 2.24) is 25.5 Å². The molecule has 304 valence electrons. The van der Waals surface area contributed by atoms with Crippen molar-refractivity contribution in [2.45, 2.75) is 121 Å². The van der Waals surface area contributed by atoms with Crippen LogP contribution in [-0.4, -0.2) is 93.2 Å². The molecule has 1 aromatic carbocycles. The second-order valence-electron chi connectivity index (χ2n) is 15.4. The number of allylic oxidation sites excluding steroid dienone is 1. The number of aryl methyl sites for hydroxylation is 1. The monoisotopic (exact) mass is 802 g/mol. The molecule has 0 unspecified atom stereocenters. The summed E-state index contributed by atoms with van der Waals surface area (Å²) in [5.41, 5.74) is 0.872. The maximum absolute atomic E-state index is 14.6. The number of anilines is 1. The van der Waals surface area contributed by atoms with Gasteiger partial charge in [-0.05, 0) is 70.4 Å². The molecule has 2 aromatic heterocycles. The molecule has 15 nitrogen and oxygen atoms in total. The van der Waals surface area contributed by atoms with Crippen LogP contribution in [0.15, 0.2) is 35.7 Å². The third-order valence-corrected chi connectivity index (χ3v) is 12.2. The number of nitrogens with zero attached hydrogens (tertiary/aromatic N) is 3. The van der Waals surface area contributed by atoms with Crippen LogP contribution < -0.4 is 25.4 Å². The van der Waals surface area contributed by atoms with E-state index in [1.54, 1.807) is 25.5 Å². The summed E-state index contributed by atoms with van der Waals surface area (Å²) >= 11 is 1.27. The molecular formula is C41H50N6O9S. The Bertz CT molecular complexity index is 2060. The van der Waals surface area contributed by atoms with Crippen LogP contribution in [0.25, 0.3) is 22.3 Å². The number of carboxylic acids is 1. The zero-order valence-electron chi connectivity index (χ0n) is 32.5. The van der Waals surface area contributed by atoms with Crippen LogP contribution in [0, 0.1) is 12.8 Å². The smallest absolute Gasteiger partial charge is 0.408 e. The Morgan fingerprint density at radius 2 is 1.82 bits per heavy atom. The van der Waals surface area contributed by atoms with Gasteiger partial charge in [-0.3, -0.25) is 14.4 Å². The van der Waals surface area contributed by atoms with Crippen LogP contribution in [-0.2, 0) is 23.9 Å². The zero-order chi connectivity index (χ0) is 40.3. The second kappa shape index (κ2) is 17.1. The summed E-state index contributed by atoms with van der Waals surface area (Å²) in [7, 11) is 1.57. The first kappa shape index (κ1) is 40.0. The summed E-state index contributed by atoms with van der Waals surface area (Å²) in [5, 5.41) is 21.6. The van der Waals surface area contributed by atoms with E-state index in [1.807, 2.05) is 31.2 Å². The van der Waals surface area contributed by atoms with E-state index in [2.05, 4.69) is 20.9 Å². The molecule has 3 fully saturated rings. The Kier molecular flexibility index (Phi) is 12.0. The molecule has 57 heavy (non-hydrogen) atoms. The molecule has 0 bridgehead atoms. The summed E-state index contributed by atoms with van der Waals surface area (Å²) in [6.07, 6.45) is 9.71. The molecular weight excluding hydrogens is 753 g/mol. The van der Waals surface area contributed by atoms with E-state index in [-0.39, 0.29) is 37.3 Å². The van der Waals surface area contributed by atoms with Gasteiger partial charge in [0.05, 0.1) is 24.9 Å². The number of hydrogen-bond donors (Lipinski definition) is 4. The van der Waals surface area contributed by atoms with Crippen molar-refractivity contribution < 1.29 is 43.3 Å². The van der Waals surface area contributed by atoms with Crippen LogP contribution >= 0.6 is 11.3 Å². The van der Waals surface area contributed by atoms with Gasteiger partial charge in [0, 0.05) is 41.2 Å². The number of aliphatic carboxylic acids is 1. The molecule has 4 aliphatic rings. The van der Waals surface area contributed by atoms with E-state index in [0.717, 1.165) is 50.5 Å². The third-order valence-electron chi connectivity index (χ3n) is 11.5. The van der Waals surface area contributed by atoms with Crippen molar-refractivity contribution in [3.63, 3.8) is 0 Å². The number of rotatable bonds is 9. The van der Waals surface area contributed by atoms with Gasteiger partial charge in [0.1, 0.15) is 47.0 Å². The summed E-state index contributed by atoms with van der Waals surface area (Å²) in [6, 6.07) is 3.35. The van der Waals surface area contributed by atoms with Gasteiger partial charge in [0.15, 0.2) is 5.13 Å². The van der Waals surface area contributed by atoms with Gasteiger partial charge in [-0.25, -0.2) is 19.6 Å². The molecule has 3 aromatic rings. The minimum absolute atomic E-state index is 0.00559. The van der Waals surface area contributed by atoms with Crippen molar-refractivity contribution in [3.05, 3.63) is 41.3 Å². The van der Waals surface area contributed by atoms with Crippen molar-refractivity contribution in [2.24, 2.45) is 5.92 Å². The van der Waals surface area contributed by atoms with Gasteiger partial charge in [-0.2, -0.15) is 0 Å². The highest BCUT2D eigenvalue weighted by Gasteiger charge is 2.61. The minimum atomic E-state index is -1.47. The molecule has 4 amide bonds. The minimum Gasteiger partial charge on any atom is -0.496 e. The maximum atomic E-state index is 14.6. The quantitative estimate of drug-likeness (QED) is 0.188. The molecule has 5 atom stereocenters. The predicted molar refractivity (Wildman–Crippen MR) is 212 cm³/mol. The number of carbonyl (C=O) groups is 5. The van der Waals surface area contributed by atoms with Crippen molar-refractivity contribution in [1.29, 1.82) is 0 Å². The Morgan fingerprint density at radius 1 is 1.04 bits per heavy atom. The first-order chi connectivity index (χ1) is 27.5. The molecule has 1 saturated heterocycles. The predicted octanol–water partition coefficient (Wildman–Crippen LogP) is 5.89. The fourth-order valence-electron chi connectivity index (χ4n) is 8.15. The first-order valence-corrected chi connectivity index (χ1v) is 20.8. The van der Waals surface area contributed by atoms with Crippen LogP contribution in [0.5, 0.6) is 11.5 Å². The van der Waals surface area contributed by atoms with Gasteiger partial charge >= 0.3 is 12.1 Å². The van der Waals surface area contributed by atoms with Crippen molar-refractivity contribution in [2.75, 3.05) is 19.0 Å². The fourth-order valence-corrected chi connectivity index (χ4v) is 8.87. The van der Waals surface area contributed by atoms with Gasteiger partial charge in [0.2, 0.25) is 17.7 Å². The number of aromatic nitrogens is 2. The lowest BCUT2D eigenvalue weighted by Gasteiger charge is -2.29. The van der Waals surface area contributed by atoms with Crippen LogP contribution in [0.2, 0.25) is 0 Å². The Hall–Kier alpha value is -5.25. The van der Waals surface area contributed by atoms with E-state index >= 15 is 0 Å². The van der Waals surface area contributed by atoms with Gasteiger partial charge in [0.25, 0.3) is 0 Å². The molecule has 7 rings (SSSR count). The number of hydrogen-bond acceptors (Lipinski definition) is 11. The topological polar surface area (TPSA) is 198 Å². The SMILES string of the molecule is CCC(=O)Nc1nc(-c2cc(O[C@@H]3C[C@H]4C(=O)N[C@]5(C(=O)O)C[C@@H]5/C=C\CCCCC[C@@H](NC(=O)OC5CCCC5)C(=O)N4C3)c3ccc(OC)c(C)c3n2)cs1. The van der Waals surface area contributed by atoms with Crippen LogP contribution in [0.3, 0.4) is 0 Å². The second-order valence-corrected chi connectivity index (χ2v) is 16.2. The number of alkyl carbamates (subject to hydrolysis) is 1. The number of benzene rings is 1. The number of carbonyl (C=O) groups excluding carboxylic acids is 4. The molecule has 0 radical (unpaired) electrons. The lowest BCUT2D eigenvalue weighted by atomic mass is 10.0. The third kappa shape index (κ3) is 8.70. The van der Waals surface area contributed by atoms with Gasteiger partial charge < -0.3 is 40.2 Å². The molecule has 16 heteroatoms. The maximum Gasteiger partial charge on any atom is 0.408 e. The zero-order valence-corrected chi connectivity index (χ0v) is 33.3. The number of pyridine rings is 1. The van der Waals surface area contributed by atoms with Crippen molar-refractivity contribution in [3.8, 4) is 22.9 Å². The Morgan fingerprint density at radius 3 is 2.58 bits per heavy atom. The fraction of sp³-hybridized carbons (Fsp3) is 0.537. The molecule has 2 aliphatic heterocycles. The largest absolute Gasteiger partial charge is 0.496 e. The van der Waals surface area contributed by atoms with E-state index < -0.39 is 47.6 Å². The average Bonchev–Trinajstić information content (AvgIpc) is 3.62. The van der Waals surface area contributed by atoms with Crippen LogP contribution in [0.1, 0.15) is 89.5 Å². The number of methoxy groups -OCH3 is 1. The first-order valence-electron chi connectivity index (χ1n) is 19.9. The molecule has 2 saturated carbocycles. The summed E-state index contributed by atoms with van der Waals surface area (Å²) in [4.78, 5) is 77.6. The van der Waals surface area contributed by atoms with Crippen molar-refractivity contribution >= 4 is 57.2 Å². The number of fused-ring (bicyclic) bond motifs is 3. The van der Waals surface area contributed by atoms with Gasteiger partial charge in [-0.1, -0.05) is 31.9 Å². The van der Waals surface area contributed by atoms with E-state index in [4.69, 9.17) is 19.2 Å². The van der Waals surface area contributed by atoms with Crippen LogP contribution in [0.4, 0.5) is 9.93 Å². The highest BCUT2D eigenvalue weighted by atomic mass is 32.1. The standard InChI is InChI=1S/C41H50N6O9S/c1-4-34(48)45-39-43-30(22-57-39)29-19-33(27-16-17-32(54-3)23(2)35(27)42-29)55-26-18-31-36(49)46-41(38(51)52)20-24(41)12-8-6-5-7-9-15-28(37(50)47(31)21-26)44-40(53)56-25-13-10-11-14-25/h8,12,16-17,19,22,24-26,28,31H,4-7,9-11,13-15,18,20-21H2,1-3H3,(H,44,53)(H,46,49)(H,51,52)(H,43,45,48)/b12-8-/t24-,26+,28+,31-,41+/m0/s1. The van der Waals surface area contributed by atoms with Gasteiger partial charge in [-0.15, -0.1) is 11.3 Å². The Labute approximate surface area is 334 Å². The van der Waals surface area contributed by atoms with E-state index in [1.165, 1.54) is 16.2 Å². The number of ether oxygens (including phenoxy) is 3. The van der Waals surface area contributed by atoms with E-state index in [0.29, 0.717) is 58.2 Å². The molecule has 2 aliphatic carbocycles. The lowest BCUT2D eigenvalue weighted by Crippen LogP contribution is -2.56. The molecule has 4 N–H and O–H groups in total. The number of amides is 4. The molecule has 4 heterocycles. The average molecular weight is 803 g/mol. The highest BCUT2D eigenvalue weighted by molar-refractivity contribution is 7.14. The Balaban J connectivity index is 1.22. The number of thiazole rings is 1. The molecule has 0 spiro atoms. The lowest BCUT2D eigenvalue weighted by molar-refractivity contribution is -0.145. The summed E-state index contributed by atoms with van der Waals surface area (Å²) < 4.78 is 18.0. The highest BCUT2D eigenvalue weighted by Crippen LogP contribution is 2.46. The summed E-state index contributed by atoms with van der Waals surface area (Å²) in [5.74, 6) is -1.68. The van der Waals surface area contributed by atoms with E-state index in [9.17, 15) is 29.1 Å². The number of carboxylic acid groups (broad SMARTS) is 1.